The lowest BCUT2D eigenvalue weighted by molar-refractivity contribution is -0.255. The van der Waals surface area contributed by atoms with Gasteiger partial charge in [-0.15, -0.1) is 5.10 Å². The number of carboxylic acid groups (broad SMARTS) is 1. The number of aromatic nitrogens is 4. The Bertz CT molecular complexity index is 831. The first-order chi connectivity index (χ1) is 11.7. The van der Waals surface area contributed by atoms with E-state index in [1.165, 1.54) is 23.9 Å². The highest BCUT2D eigenvalue weighted by Crippen LogP contribution is 2.23. The molecule has 0 unspecified atom stereocenters. The largest absolute Gasteiger partial charge is 0.545 e. The first kappa shape index (κ1) is 16.0. The fourth-order valence-corrected chi connectivity index (χ4v) is 2.89. The Balaban J connectivity index is 1.73. The van der Waals surface area contributed by atoms with E-state index in [2.05, 4.69) is 15.5 Å². The second-order valence-corrected chi connectivity index (χ2v) is 5.79. The van der Waals surface area contributed by atoms with E-state index in [0.717, 1.165) is 11.3 Å². The Kier molecular flexibility index (Phi) is 4.76. The SMILES string of the molecule is COc1ccc(CSc2nnnn2-c2ccc(C(=O)[O-])cc2)cc1. The van der Waals surface area contributed by atoms with E-state index >= 15 is 0 Å². The number of hydrogen-bond donors (Lipinski definition) is 0. The number of thioether (sulfide) groups is 1. The van der Waals surface area contributed by atoms with Gasteiger partial charge in [-0.1, -0.05) is 36.0 Å². The van der Waals surface area contributed by atoms with Crippen LogP contribution >= 0.6 is 11.8 Å². The zero-order valence-corrected chi connectivity index (χ0v) is 13.6. The van der Waals surface area contributed by atoms with E-state index in [4.69, 9.17) is 4.74 Å². The molecule has 7 nitrogen and oxygen atoms in total. The molecule has 0 aliphatic rings. The van der Waals surface area contributed by atoms with Crippen molar-refractivity contribution in [2.75, 3.05) is 7.11 Å². The summed E-state index contributed by atoms with van der Waals surface area (Å²) in [7, 11) is 1.63. The molecule has 0 aliphatic heterocycles. The van der Waals surface area contributed by atoms with Crippen LogP contribution in [0.25, 0.3) is 5.69 Å². The summed E-state index contributed by atoms with van der Waals surface area (Å²) >= 11 is 1.48. The monoisotopic (exact) mass is 341 g/mol. The summed E-state index contributed by atoms with van der Waals surface area (Å²) in [5, 5.41) is 23.1. The number of benzene rings is 2. The second-order valence-electron chi connectivity index (χ2n) is 4.84. The standard InChI is InChI=1S/C16H14N4O3S/c1-23-14-8-2-11(3-9-14)10-24-16-17-18-19-20(16)13-6-4-12(5-7-13)15(21)22/h2-9H,10H2,1H3,(H,21,22)/p-1. The van der Waals surface area contributed by atoms with Crippen molar-refractivity contribution in [3.8, 4) is 11.4 Å². The van der Waals surface area contributed by atoms with Gasteiger partial charge in [0.25, 0.3) is 0 Å². The molecule has 0 spiro atoms. The van der Waals surface area contributed by atoms with Crippen molar-refractivity contribution in [3.63, 3.8) is 0 Å². The Labute approximate surface area is 142 Å². The number of methoxy groups -OCH3 is 1. The molecule has 122 valence electrons. The molecule has 2 aromatic carbocycles. The fraction of sp³-hybridized carbons (Fsp3) is 0.125. The van der Waals surface area contributed by atoms with E-state index in [1.54, 1.807) is 23.9 Å². The van der Waals surface area contributed by atoms with Crippen molar-refractivity contribution in [1.82, 2.24) is 20.2 Å². The summed E-state index contributed by atoms with van der Waals surface area (Å²) in [4.78, 5) is 10.8. The highest BCUT2D eigenvalue weighted by Gasteiger charge is 2.09. The summed E-state index contributed by atoms with van der Waals surface area (Å²) in [6.07, 6.45) is 0. The third-order valence-electron chi connectivity index (χ3n) is 3.32. The number of carboxylic acids is 1. The van der Waals surface area contributed by atoms with E-state index in [0.29, 0.717) is 16.6 Å². The lowest BCUT2D eigenvalue weighted by Crippen LogP contribution is -2.22. The molecular weight excluding hydrogens is 328 g/mol. The molecule has 0 saturated carbocycles. The number of carbonyl (C=O) groups excluding carboxylic acids is 1. The molecule has 0 fully saturated rings. The van der Waals surface area contributed by atoms with Gasteiger partial charge in [0, 0.05) is 5.75 Å². The third-order valence-corrected chi connectivity index (χ3v) is 4.31. The molecule has 3 rings (SSSR count). The van der Waals surface area contributed by atoms with Crippen LogP contribution in [0.5, 0.6) is 5.75 Å². The number of nitrogens with zero attached hydrogens (tertiary/aromatic N) is 4. The molecule has 24 heavy (non-hydrogen) atoms. The summed E-state index contributed by atoms with van der Waals surface area (Å²) in [5.74, 6) is 0.288. The first-order valence-electron chi connectivity index (χ1n) is 7.03. The van der Waals surface area contributed by atoms with Crippen LogP contribution in [0.15, 0.2) is 53.7 Å². The van der Waals surface area contributed by atoms with Crippen LogP contribution < -0.4 is 9.84 Å². The van der Waals surface area contributed by atoms with Crippen molar-refractivity contribution in [3.05, 3.63) is 59.7 Å². The number of ether oxygens (including phenoxy) is 1. The molecule has 0 radical (unpaired) electrons. The van der Waals surface area contributed by atoms with Gasteiger partial charge >= 0.3 is 0 Å². The van der Waals surface area contributed by atoms with E-state index in [-0.39, 0.29) is 5.56 Å². The smallest absolute Gasteiger partial charge is 0.214 e. The number of carbonyl (C=O) groups is 1. The zero-order chi connectivity index (χ0) is 16.9. The Morgan fingerprint density at radius 1 is 1.17 bits per heavy atom. The van der Waals surface area contributed by atoms with Crippen molar-refractivity contribution in [2.24, 2.45) is 0 Å². The maximum absolute atomic E-state index is 10.8. The van der Waals surface area contributed by atoms with Gasteiger partial charge in [0.1, 0.15) is 5.75 Å². The van der Waals surface area contributed by atoms with Crippen molar-refractivity contribution < 1.29 is 14.6 Å². The number of tetrazole rings is 1. The van der Waals surface area contributed by atoms with Crippen molar-refractivity contribution in [1.29, 1.82) is 0 Å². The summed E-state index contributed by atoms with van der Waals surface area (Å²) < 4.78 is 6.70. The molecule has 0 amide bonds. The summed E-state index contributed by atoms with van der Waals surface area (Å²) in [5.41, 5.74) is 1.91. The van der Waals surface area contributed by atoms with Crippen molar-refractivity contribution in [2.45, 2.75) is 10.9 Å². The molecule has 0 bridgehead atoms. The maximum Gasteiger partial charge on any atom is 0.214 e. The lowest BCUT2D eigenvalue weighted by Gasteiger charge is -2.07. The Morgan fingerprint density at radius 2 is 1.88 bits per heavy atom. The molecule has 1 heterocycles. The van der Waals surface area contributed by atoms with Crippen LogP contribution in [0.3, 0.4) is 0 Å². The fourth-order valence-electron chi connectivity index (χ4n) is 2.04. The zero-order valence-electron chi connectivity index (χ0n) is 12.7. The average molecular weight is 341 g/mol. The van der Waals surface area contributed by atoms with Gasteiger partial charge in [-0.3, -0.25) is 0 Å². The highest BCUT2D eigenvalue weighted by atomic mass is 32.2. The van der Waals surface area contributed by atoms with Gasteiger partial charge in [-0.2, -0.15) is 4.68 Å². The predicted molar refractivity (Wildman–Crippen MR) is 86.0 cm³/mol. The van der Waals surface area contributed by atoms with Gasteiger partial charge < -0.3 is 14.6 Å². The molecule has 8 heteroatoms. The molecule has 3 aromatic rings. The minimum atomic E-state index is -1.22. The number of aromatic carboxylic acids is 1. The predicted octanol–water partition coefficient (Wildman–Crippen LogP) is 1.33. The van der Waals surface area contributed by atoms with E-state index < -0.39 is 5.97 Å². The topological polar surface area (TPSA) is 93.0 Å². The third kappa shape index (κ3) is 3.54. The summed E-state index contributed by atoms with van der Waals surface area (Å²) in [6.45, 7) is 0. The van der Waals surface area contributed by atoms with Gasteiger partial charge in [0.15, 0.2) is 0 Å². The van der Waals surface area contributed by atoms with E-state index in [9.17, 15) is 9.90 Å². The van der Waals surface area contributed by atoms with Gasteiger partial charge in [0.2, 0.25) is 5.16 Å². The molecule has 0 aliphatic carbocycles. The van der Waals surface area contributed by atoms with Gasteiger partial charge in [-0.05, 0) is 45.8 Å². The molecule has 0 N–H and O–H groups in total. The Hall–Kier alpha value is -2.87. The molecule has 0 saturated heterocycles. The van der Waals surface area contributed by atoms with Crippen LogP contribution in [0, 0.1) is 0 Å². The normalized spacial score (nSPS) is 10.5. The molecule has 1 aromatic heterocycles. The maximum atomic E-state index is 10.8. The Morgan fingerprint density at radius 3 is 2.50 bits per heavy atom. The molecular formula is C16H13N4O3S-. The van der Waals surface area contributed by atoms with Gasteiger partial charge in [-0.25, -0.2) is 0 Å². The van der Waals surface area contributed by atoms with Crippen LogP contribution in [-0.4, -0.2) is 33.3 Å². The number of rotatable bonds is 6. The molecule has 0 atom stereocenters. The lowest BCUT2D eigenvalue weighted by atomic mass is 10.2. The quantitative estimate of drug-likeness (QED) is 0.624. The highest BCUT2D eigenvalue weighted by molar-refractivity contribution is 7.98. The van der Waals surface area contributed by atoms with Crippen LogP contribution in [0.2, 0.25) is 0 Å². The minimum Gasteiger partial charge on any atom is -0.545 e. The number of hydrogen-bond acceptors (Lipinski definition) is 7. The first-order valence-corrected chi connectivity index (χ1v) is 8.02. The van der Waals surface area contributed by atoms with E-state index in [1.807, 2.05) is 24.3 Å². The summed E-state index contributed by atoms with van der Waals surface area (Å²) in [6, 6.07) is 14.0. The van der Waals surface area contributed by atoms with Gasteiger partial charge in [0.05, 0.1) is 18.8 Å². The average Bonchev–Trinajstić information content (AvgIpc) is 3.09. The second kappa shape index (κ2) is 7.14. The van der Waals surface area contributed by atoms with Crippen molar-refractivity contribution >= 4 is 17.7 Å². The van der Waals surface area contributed by atoms with Crippen LogP contribution in [0.4, 0.5) is 0 Å². The van der Waals surface area contributed by atoms with Crippen LogP contribution in [0.1, 0.15) is 15.9 Å². The van der Waals surface area contributed by atoms with Crippen LogP contribution in [-0.2, 0) is 5.75 Å². The minimum absolute atomic E-state index is 0.110.